The summed E-state index contributed by atoms with van der Waals surface area (Å²) in [4.78, 5) is 6.51. The monoisotopic (exact) mass is 279 g/mol. The van der Waals surface area contributed by atoms with E-state index >= 15 is 0 Å². The molecule has 0 aliphatic heterocycles. The molecule has 0 radical (unpaired) electrons. The number of halogens is 2. The van der Waals surface area contributed by atoms with Crippen LogP contribution in [0.15, 0.2) is 17.5 Å². The lowest BCUT2D eigenvalue weighted by Crippen LogP contribution is -2.22. The fourth-order valence-electron chi connectivity index (χ4n) is 1.37. The molecule has 0 amide bonds. The molecule has 0 unspecified atom stereocenters. The minimum absolute atomic E-state index is 0.0545. The Morgan fingerprint density at radius 1 is 1.68 bits per heavy atom. The molecule has 5 N–H and O–H groups in total. The maximum atomic E-state index is 14.1. The lowest BCUT2D eigenvalue weighted by atomic mass is 10.2. The van der Waals surface area contributed by atoms with E-state index < -0.39 is 11.7 Å². The van der Waals surface area contributed by atoms with Crippen LogP contribution in [0.3, 0.4) is 0 Å². The maximum Gasteiger partial charge on any atom is 0.201 e. The predicted molar refractivity (Wildman–Crippen MR) is 69.6 cm³/mol. The van der Waals surface area contributed by atoms with Gasteiger partial charge in [0.05, 0.1) is 16.9 Å². The lowest BCUT2D eigenvalue weighted by Gasteiger charge is -2.06. The van der Waals surface area contributed by atoms with Crippen molar-refractivity contribution in [1.29, 1.82) is 10.7 Å². The standard InChI is InChI=1S/C10H7ClFN7/c11-4-1-5-9(17-3-16-5)7(12)8(4)19-18-6(2-13)10(14)15/h1,3,19H,(H3,14,15)(H,16,17)/b18-6+. The number of nitrogens with one attached hydrogen (secondary N) is 3. The largest absolute Gasteiger partial charge is 0.382 e. The second-order valence-electron chi connectivity index (χ2n) is 3.44. The molecule has 1 aromatic carbocycles. The normalized spacial score (nSPS) is 11.3. The summed E-state index contributed by atoms with van der Waals surface area (Å²) in [5, 5.41) is 19.3. The highest BCUT2D eigenvalue weighted by molar-refractivity contribution is 6.46. The second kappa shape index (κ2) is 4.91. The van der Waals surface area contributed by atoms with Gasteiger partial charge in [0.1, 0.15) is 17.3 Å². The molecule has 2 aromatic rings. The number of hydrazone groups is 1. The molecule has 9 heteroatoms. The van der Waals surface area contributed by atoms with Gasteiger partial charge in [-0.3, -0.25) is 10.8 Å². The third kappa shape index (κ3) is 2.31. The molecule has 0 spiro atoms. The second-order valence-corrected chi connectivity index (χ2v) is 3.85. The van der Waals surface area contributed by atoms with Crippen LogP contribution in [0.25, 0.3) is 11.0 Å². The Labute approximate surface area is 111 Å². The van der Waals surface area contributed by atoms with Crippen LogP contribution in [-0.4, -0.2) is 21.5 Å². The van der Waals surface area contributed by atoms with Gasteiger partial charge in [-0.15, -0.1) is 0 Å². The minimum atomic E-state index is -0.714. The number of fused-ring (bicyclic) bond motifs is 1. The van der Waals surface area contributed by atoms with Gasteiger partial charge in [0.25, 0.3) is 0 Å². The zero-order valence-electron chi connectivity index (χ0n) is 9.33. The van der Waals surface area contributed by atoms with E-state index in [1.54, 1.807) is 6.07 Å². The van der Waals surface area contributed by atoms with Gasteiger partial charge in [-0.1, -0.05) is 11.6 Å². The number of nitrogens with two attached hydrogens (primary N) is 1. The van der Waals surface area contributed by atoms with Crippen molar-refractivity contribution < 1.29 is 4.39 Å². The Kier molecular flexibility index (Phi) is 3.31. The molecule has 0 fully saturated rings. The van der Waals surface area contributed by atoms with E-state index in [2.05, 4.69) is 20.5 Å². The molecular weight excluding hydrogens is 273 g/mol. The molecule has 96 valence electrons. The van der Waals surface area contributed by atoms with Crippen molar-refractivity contribution in [2.24, 2.45) is 10.8 Å². The first kappa shape index (κ1) is 12.8. The summed E-state index contributed by atoms with van der Waals surface area (Å²) >= 11 is 5.88. The molecular formula is C10H7ClFN7. The van der Waals surface area contributed by atoms with E-state index in [1.165, 1.54) is 12.4 Å². The number of anilines is 1. The number of amidine groups is 1. The third-order valence-corrected chi connectivity index (χ3v) is 2.54. The van der Waals surface area contributed by atoms with Gasteiger partial charge in [-0.05, 0) is 6.07 Å². The molecule has 0 atom stereocenters. The first-order chi connectivity index (χ1) is 9.04. The first-order valence-electron chi connectivity index (χ1n) is 4.94. The summed E-state index contributed by atoms with van der Waals surface area (Å²) in [6.45, 7) is 0. The molecule has 2 rings (SSSR count). The van der Waals surface area contributed by atoms with E-state index in [-0.39, 0.29) is 21.9 Å². The maximum absolute atomic E-state index is 14.1. The van der Waals surface area contributed by atoms with Crippen molar-refractivity contribution in [2.45, 2.75) is 0 Å². The fraction of sp³-hybridized carbons (Fsp3) is 0. The van der Waals surface area contributed by atoms with Gasteiger partial charge in [0.2, 0.25) is 5.71 Å². The Morgan fingerprint density at radius 2 is 2.42 bits per heavy atom. The highest BCUT2D eigenvalue weighted by atomic mass is 35.5. The number of benzene rings is 1. The van der Waals surface area contributed by atoms with Gasteiger partial charge in [0, 0.05) is 0 Å². The summed E-state index contributed by atoms with van der Waals surface area (Å²) < 4.78 is 14.1. The molecule has 0 bridgehead atoms. The minimum Gasteiger partial charge on any atom is -0.382 e. The Morgan fingerprint density at radius 3 is 3.05 bits per heavy atom. The van der Waals surface area contributed by atoms with Crippen LogP contribution in [0.5, 0.6) is 0 Å². The van der Waals surface area contributed by atoms with Crippen LogP contribution in [0.1, 0.15) is 0 Å². The molecule has 0 saturated carbocycles. The van der Waals surface area contributed by atoms with E-state index in [0.29, 0.717) is 5.52 Å². The molecule has 1 aromatic heterocycles. The molecule has 0 aliphatic carbocycles. The molecule has 19 heavy (non-hydrogen) atoms. The highest BCUT2D eigenvalue weighted by Gasteiger charge is 2.14. The zero-order chi connectivity index (χ0) is 14.0. The molecule has 1 heterocycles. The average Bonchev–Trinajstić information content (AvgIpc) is 2.81. The first-order valence-corrected chi connectivity index (χ1v) is 5.31. The molecule has 0 saturated heterocycles. The van der Waals surface area contributed by atoms with Gasteiger partial charge in [0.15, 0.2) is 11.7 Å². The van der Waals surface area contributed by atoms with E-state index in [0.717, 1.165) is 0 Å². The van der Waals surface area contributed by atoms with Gasteiger partial charge in [-0.25, -0.2) is 9.37 Å². The summed E-state index contributed by atoms with van der Waals surface area (Å²) in [5.41, 5.74) is 7.39. The van der Waals surface area contributed by atoms with Crippen molar-refractivity contribution in [3.05, 3.63) is 23.2 Å². The summed E-state index contributed by atoms with van der Waals surface area (Å²) in [7, 11) is 0. The van der Waals surface area contributed by atoms with E-state index in [1.807, 2.05) is 0 Å². The average molecular weight is 280 g/mol. The highest BCUT2D eigenvalue weighted by Crippen LogP contribution is 2.30. The lowest BCUT2D eigenvalue weighted by molar-refractivity contribution is 0.640. The Hall–Kier alpha value is -2.66. The van der Waals surface area contributed by atoms with Crippen molar-refractivity contribution in [3.8, 4) is 6.07 Å². The number of rotatable bonds is 3. The SMILES string of the molecule is N#C/C(=N\Nc1c(Cl)cc2[nH]cnc2c1F)C(=N)N. The van der Waals surface area contributed by atoms with Crippen molar-refractivity contribution in [1.82, 2.24) is 9.97 Å². The Balaban J connectivity index is 2.46. The summed E-state index contributed by atoms with van der Waals surface area (Å²) in [5.74, 6) is -1.25. The number of nitriles is 1. The number of imidazole rings is 1. The van der Waals surface area contributed by atoms with Crippen molar-refractivity contribution >= 4 is 39.9 Å². The van der Waals surface area contributed by atoms with Crippen LogP contribution in [0.4, 0.5) is 10.1 Å². The zero-order valence-corrected chi connectivity index (χ0v) is 10.1. The number of aromatic amines is 1. The van der Waals surface area contributed by atoms with Crippen LogP contribution in [0, 0.1) is 22.6 Å². The topological polar surface area (TPSA) is 127 Å². The summed E-state index contributed by atoms with van der Waals surface area (Å²) in [6, 6.07) is 3.06. The van der Waals surface area contributed by atoms with Crippen molar-refractivity contribution in [3.63, 3.8) is 0 Å². The molecule has 0 aliphatic rings. The van der Waals surface area contributed by atoms with Crippen molar-refractivity contribution in [2.75, 3.05) is 5.43 Å². The van der Waals surface area contributed by atoms with Crippen LogP contribution in [0.2, 0.25) is 5.02 Å². The number of hydrogen-bond donors (Lipinski definition) is 4. The van der Waals surface area contributed by atoms with Crippen LogP contribution < -0.4 is 11.2 Å². The quantitative estimate of drug-likeness (QED) is 0.386. The Bertz CT molecular complexity index is 727. The number of hydrogen-bond acceptors (Lipinski definition) is 5. The van der Waals surface area contributed by atoms with Gasteiger partial charge >= 0.3 is 0 Å². The van der Waals surface area contributed by atoms with E-state index in [4.69, 9.17) is 28.0 Å². The molecule has 7 nitrogen and oxygen atoms in total. The summed E-state index contributed by atoms with van der Waals surface area (Å²) in [6.07, 6.45) is 1.33. The number of H-pyrrole nitrogens is 1. The van der Waals surface area contributed by atoms with Gasteiger partial charge in [-0.2, -0.15) is 10.4 Å². The fourth-order valence-corrected chi connectivity index (χ4v) is 1.61. The number of aromatic nitrogens is 2. The third-order valence-electron chi connectivity index (χ3n) is 2.25. The van der Waals surface area contributed by atoms with Crippen LogP contribution in [-0.2, 0) is 0 Å². The van der Waals surface area contributed by atoms with Crippen LogP contribution >= 0.6 is 11.6 Å². The van der Waals surface area contributed by atoms with Gasteiger partial charge < -0.3 is 10.7 Å². The predicted octanol–water partition coefficient (Wildman–Crippen LogP) is 1.58. The number of nitrogens with zero attached hydrogens (tertiary/aromatic N) is 3. The smallest absolute Gasteiger partial charge is 0.201 e. The van der Waals surface area contributed by atoms with E-state index in [9.17, 15) is 4.39 Å².